The summed E-state index contributed by atoms with van der Waals surface area (Å²) in [5.74, 6) is 0. The molecule has 0 aliphatic heterocycles. The molecular weight excluding hydrogens is 312 g/mol. The van der Waals surface area contributed by atoms with Gasteiger partial charge in [0, 0.05) is 17.1 Å². The van der Waals surface area contributed by atoms with Crippen LogP contribution in [0.5, 0.6) is 0 Å². The van der Waals surface area contributed by atoms with Gasteiger partial charge in [-0.05, 0) is 60.6 Å². The SMILES string of the molecule is CC(C)(C)c1cc(N)c(N)c(N)c1.Cc1c(N)c(C)c(N)c(C)c1N. The molecule has 2 aromatic carbocycles. The van der Waals surface area contributed by atoms with Crippen molar-refractivity contribution in [3.8, 4) is 0 Å². The van der Waals surface area contributed by atoms with Crippen LogP contribution in [-0.2, 0) is 5.41 Å². The zero-order chi connectivity index (χ0) is 19.7. The van der Waals surface area contributed by atoms with Crippen LogP contribution in [-0.4, -0.2) is 0 Å². The summed E-state index contributed by atoms with van der Waals surface area (Å²) in [6, 6.07) is 3.76. The van der Waals surface area contributed by atoms with E-state index in [0.717, 1.165) is 22.3 Å². The fraction of sp³-hybridized carbons (Fsp3) is 0.368. The Morgan fingerprint density at radius 3 is 1.08 bits per heavy atom. The van der Waals surface area contributed by atoms with Crippen molar-refractivity contribution in [1.29, 1.82) is 0 Å². The van der Waals surface area contributed by atoms with Crippen LogP contribution in [0.25, 0.3) is 0 Å². The van der Waals surface area contributed by atoms with Crippen LogP contribution in [0.2, 0.25) is 0 Å². The molecule has 2 rings (SSSR count). The molecule has 0 amide bonds. The van der Waals surface area contributed by atoms with Crippen LogP contribution in [0.3, 0.4) is 0 Å². The van der Waals surface area contributed by atoms with E-state index in [1.54, 1.807) is 0 Å². The van der Waals surface area contributed by atoms with Gasteiger partial charge in [-0.2, -0.15) is 0 Å². The third-order valence-corrected chi connectivity index (χ3v) is 4.53. The van der Waals surface area contributed by atoms with Gasteiger partial charge in [0.2, 0.25) is 0 Å². The number of hydrogen-bond donors (Lipinski definition) is 6. The van der Waals surface area contributed by atoms with Crippen molar-refractivity contribution in [2.75, 3.05) is 34.4 Å². The zero-order valence-electron chi connectivity index (χ0n) is 16.1. The van der Waals surface area contributed by atoms with Gasteiger partial charge in [-0.15, -0.1) is 0 Å². The van der Waals surface area contributed by atoms with Crippen molar-refractivity contribution in [1.82, 2.24) is 0 Å². The molecule has 0 aliphatic carbocycles. The van der Waals surface area contributed by atoms with Crippen LogP contribution < -0.4 is 34.4 Å². The largest absolute Gasteiger partial charge is 0.398 e. The van der Waals surface area contributed by atoms with Crippen LogP contribution in [0.15, 0.2) is 12.1 Å². The minimum absolute atomic E-state index is 0.0515. The van der Waals surface area contributed by atoms with Crippen LogP contribution in [0.4, 0.5) is 34.1 Å². The monoisotopic (exact) mass is 344 g/mol. The number of rotatable bonds is 0. The number of benzene rings is 2. The molecule has 138 valence electrons. The second-order valence-corrected chi connectivity index (χ2v) is 7.43. The highest BCUT2D eigenvalue weighted by atomic mass is 14.7. The standard InChI is InChI=1S/C10H17N3.C9H15N3/c1-10(2,3)6-4-7(11)9(13)8(12)5-6;1-4-7(10)5(2)9(12)6(3)8(4)11/h4-5H,11-13H2,1-3H3;10-12H2,1-3H3. The average molecular weight is 345 g/mol. The quantitative estimate of drug-likeness (QED) is 0.403. The third kappa shape index (κ3) is 4.21. The zero-order valence-corrected chi connectivity index (χ0v) is 16.1. The van der Waals surface area contributed by atoms with Gasteiger partial charge in [-0.25, -0.2) is 0 Å². The second-order valence-electron chi connectivity index (χ2n) is 7.43. The first-order valence-electron chi connectivity index (χ1n) is 8.14. The van der Waals surface area contributed by atoms with E-state index in [0.29, 0.717) is 34.1 Å². The molecule has 0 bridgehead atoms. The predicted molar refractivity (Wildman–Crippen MR) is 112 cm³/mol. The maximum Gasteiger partial charge on any atom is 0.0781 e. The smallest absolute Gasteiger partial charge is 0.0781 e. The Balaban J connectivity index is 0.000000251. The first kappa shape index (κ1) is 20.3. The lowest BCUT2D eigenvalue weighted by atomic mass is 9.86. The van der Waals surface area contributed by atoms with Crippen molar-refractivity contribution < 1.29 is 0 Å². The fourth-order valence-corrected chi connectivity index (χ4v) is 2.41. The molecule has 0 fully saturated rings. The molecule has 0 aliphatic rings. The van der Waals surface area contributed by atoms with Crippen LogP contribution >= 0.6 is 0 Å². The molecule has 25 heavy (non-hydrogen) atoms. The minimum Gasteiger partial charge on any atom is -0.398 e. The van der Waals surface area contributed by atoms with E-state index in [1.807, 2.05) is 32.9 Å². The topological polar surface area (TPSA) is 156 Å². The van der Waals surface area contributed by atoms with Gasteiger partial charge in [0.15, 0.2) is 0 Å². The summed E-state index contributed by atoms with van der Waals surface area (Å²) in [4.78, 5) is 0. The number of anilines is 6. The summed E-state index contributed by atoms with van der Waals surface area (Å²) in [7, 11) is 0. The normalized spacial score (nSPS) is 11.0. The van der Waals surface area contributed by atoms with Gasteiger partial charge in [0.05, 0.1) is 17.1 Å². The Kier molecular flexibility index (Phi) is 5.69. The number of nitrogen functional groups attached to an aromatic ring is 6. The highest BCUT2D eigenvalue weighted by Gasteiger charge is 2.15. The van der Waals surface area contributed by atoms with Gasteiger partial charge in [-0.1, -0.05) is 20.8 Å². The van der Waals surface area contributed by atoms with E-state index in [1.165, 1.54) is 0 Å². The molecule has 0 spiro atoms. The second kappa shape index (κ2) is 7.01. The molecule has 0 saturated heterocycles. The highest BCUT2D eigenvalue weighted by molar-refractivity contribution is 5.79. The van der Waals surface area contributed by atoms with Crippen molar-refractivity contribution >= 4 is 34.1 Å². The van der Waals surface area contributed by atoms with Gasteiger partial charge >= 0.3 is 0 Å². The molecule has 6 heteroatoms. The molecule has 0 aromatic heterocycles. The number of hydrogen-bond acceptors (Lipinski definition) is 6. The molecule has 0 unspecified atom stereocenters. The van der Waals surface area contributed by atoms with Gasteiger partial charge in [0.1, 0.15) is 0 Å². The summed E-state index contributed by atoms with van der Waals surface area (Å²) in [5, 5.41) is 0. The molecule has 0 radical (unpaired) electrons. The summed E-state index contributed by atoms with van der Waals surface area (Å²) in [6.07, 6.45) is 0. The molecule has 6 nitrogen and oxygen atoms in total. The molecule has 0 heterocycles. The first-order valence-corrected chi connectivity index (χ1v) is 8.14. The van der Waals surface area contributed by atoms with Gasteiger partial charge in [-0.3, -0.25) is 0 Å². The Morgan fingerprint density at radius 1 is 0.560 bits per heavy atom. The Morgan fingerprint density at radius 2 is 0.840 bits per heavy atom. The summed E-state index contributed by atoms with van der Waals surface area (Å²) >= 11 is 0. The molecule has 12 N–H and O–H groups in total. The molecule has 0 saturated carbocycles. The van der Waals surface area contributed by atoms with Crippen LogP contribution in [0.1, 0.15) is 43.0 Å². The van der Waals surface area contributed by atoms with E-state index in [-0.39, 0.29) is 5.41 Å². The highest BCUT2D eigenvalue weighted by Crippen LogP contribution is 2.32. The van der Waals surface area contributed by atoms with E-state index < -0.39 is 0 Å². The maximum atomic E-state index is 5.79. The number of nitrogens with two attached hydrogens (primary N) is 6. The Hall–Kier alpha value is -2.76. The van der Waals surface area contributed by atoms with E-state index in [2.05, 4.69) is 20.8 Å². The summed E-state index contributed by atoms with van der Waals surface area (Å²) in [5.41, 5.74) is 42.1. The first-order chi connectivity index (χ1) is 11.3. The van der Waals surface area contributed by atoms with Gasteiger partial charge in [0.25, 0.3) is 0 Å². The minimum atomic E-state index is 0.0515. The van der Waals surface area contributed by atoms with Crippen LogP contribution in [0, 0.1) is 20.8 Å². The van der Waals surface area contributed by atoms with Crippen molar-refractivity contribution in [2.45, 2.75) is 47.0 Å². The summed E-state index contributed by atoms with van der Waals surface area (Å²) in [6.45, 7) is 12.0. The third-order valence-electron chi connectivity index (χ3n) is 4.53. The predicted octanol–water partition coefficient (Wildman–Crippen LogP) is 3.09. The lowest BCUT2D eigenvalue weighted by Gasteiger charge is -2.20. The lowest BCUT2D eigenvalue weighted by Crippen LogP contribution is -2.13. The molecule has 0 atom stereocenters. The molecular formula is C19H32N6. The summed E-state index contributed by atoms with van der Waals surface area (Å²) < 4.78 is 0. The fourth-order valence-electron chi connectivity index (χ4n) is 2.41. The van der Waals surface area contributed by atoms with Crippen molar-refractivity contribution in [3.63, 3.8) is 0 Å². The Labute approximate surface area is 150 Å². The average Bonchev–Trinajstić information content (AvgIpc) is 2.53. The molecule has 2 aromatic rings. The van der Waals surface area contributed by atoms with E-state index in [9.17, 15) is 0 Å². The van der Waals surface area contributed by atoms with Gasteiger partial charge < -0.3 is 34.4 Å². The Bertz CT molecular complexity index is 659. The van der Waals surface area contributed by atoms with Crippen molar-refractivity contribution in [2.24, 2.45) is 0 Å². The lowest BCUT2D eigenvalue weighted by molar-refractivity contribution is 0.591. The van der Waals surface area contributed by atoms with E-state index in [4.69, 9.17) is 34.4 Å². The maximum absolute atomic E-state index is 5.79. The van der Waals surface area contributed by atoms with Crippen molar-refractivity contribution in [3.05, 3.63) is 34.4 Å². The van der Waals surface area contributed by atoms with E-state index >= 15 is 0 Å².